The van der Waals surface area contributed by atoms with Crippen molar-refractivity contribution in [2.45, 2.75) is 26.2 Å². The predicted octanol–water partition coefficient (Wildman–Crippen LogP) is 7.05. The lowest BCUT2D eigenvalue weighted by molar-refractivity contribution is -0.384. The van der Waals surface area contributed by atoms with E-state index in [0.29, 0.717) is 5.56 Å². The minimum Gasteiger partial charge on any atom is -0.309 e. The van der Waals surface area contributed by atoms with Crippen molar-refractivity contribution >= 4 is 27.5 Å². The molecule has 0 unspecified atom stereocenters. The first-order valence-corrected chi connectivity index (χ1v) is 10.6. The van der Waals surface area contributed by atoms with Crippen molar-refractivity contribution in [3.63, 3.8) is 0 Å². The van der Waals surface area contributed by atoms with E-state index in [1.807, 2.05) is 48.5 Å². The maximum atomic E-state index is 12.0. The van der Waals surface area contributed by atoms with Crippen LogP contribution in [0.25, 0.3) is 38.6 Å². The van der Waals surface area contributed by atoms with Gasteiger partial charge in [0.05, 0.1) is 21.5 Å². The van der Waals surface area contributed by atoms with Crippen LogP contribution in [-0.2, 0) is 5.41 Å². The fourth-order valence-electron chi connectivity index (χ4n) is 4.37. The van der Waals surface area contributed by atoms with Gasteiger partial charge in [-0.3, -0.25) is 15.1 Å². The Morgan fingerprint density at radius 1 is 0.844 bits per heavy atom. The number of benzene rings is 3. The van der Waals surface area contributed by atoms with Crippen LogP contribution >= 0.6 is 0 Å². The van der Waals surface area contributed by atoms with Crippen molar-refractivity contribution in [3.05, 3.63) is 101 Å². The van der Waals surface area contributed by atoms with E-state index in [9.17, 15) is 10.1 Å². The lowest BCUT2D eigenvalue weighted by atomic mass is 9.84. The molecule has 0 fully saturated rings. The molecular weight excluding hydrogens is 398 g/mol. The Hall–Kier alpha value is -3.99. The molecule has 2 aromatic heterocycles. The van der Waals surface area contributed by atoms with Gasteiger partial charge in [0, 0.05) is 40.5 Å². The van der Waals surface area contributed by atoms with Gasteiger partial charge in [-0.15, -0.1) is 0 Å². The Labute approximate surface area is 186 Å². The summed E-state index contributed by atoms with van der Waals surface area (Å²) in [4.78, 5) is 15.9. The molecular formula is C27H23N3O2. The molecule has 0 radical (unpaired) electrons. The van der Waals surface area contributed by atoms with Crippen LogP contribution in [-0.4, -0.2) is 14.5 Å². The predicted molar refractivity (Wildman–Crippen MR) is 129 cm³/mol. The Kier molecular flexibility index (Phi) is 4.55. The summed E-state index contributed by atoms with van der Waals surface area (Å²) in [6.45, 7) is 6.35. The molecule has 3 aromatic carbocycles. The average Bonchev–Trinajstić information content (AvgIpc) is 3.13. The monoisotopic (exact) mass is 421 g/mol. The average molecular weight is 422 g/mol. The lowest BCUT2D eigenvalue weighted by Crippen LogP contribution is -2.11. The quantitative estimate of drug-likeness (QED) is 0.232. The maximum absolute atomic E-state index is 12.0. The van der Waals surface area contributed by atoms with Gasteiger partial charge in [-0.05, 0) is 35.2 Å². The highest BCUT2D eigenvalue weighted by Gasteiger charge is 2.24. The van der Waals surface area contributed by atoms with Gasteiger partial charge in [0.25, 0.3) is 5.69 Å². The highest BCUT2D eigenvalue weighted by molar-refractivity contribution is 6.14. The summed E-state index contributed by atoms with van der Waals surface area (Å²) in [6.07, 6.45) is 3.53. The second-order valence-corrected chi connectivity index (χ2v) is 9.00. The number of nitrogens with zero attached hydrogens (tertiary/aromatic N) is 3. The van der Waals surface area contributed by atoms with Crippen LogP contribution in [0.3, 0.4) is 0 Å². The maximum Gasteiger partial charge on any atom is 0.277 e. The van der Waals surface area contributed by atoms with Crippen LogP contribution < -0.4 is 0 Å². The number of nitro groups is 1. The Balaban J connectivity index is 1.95. The number of hydrogen-bond acceptors (Lipinski definition) is 3. The number of hydrogen-bond donors (Lipinski definition) is 0. The molecule has 0 bridgehead atoms. The Morgan fingerprint density at radius 2 is 1.56 bits per heavy atom. The molecule has 0 amide bonds. The number of para-hydroxylation sites is 2. The molecule has 158 valence electrons. The first-order chi connectivity index (χ1) is 15.4. The Morgan fingerprint density at radius 3 is 2.28 bits per heavy atom. The van der Waals surface area contributed by atoms with Crippen LogP contribution in [0.15, 0.2) is 85.2 Å². The fraction of sp³-hybridized carbons (Fsp3) is 0.148. The van der Waals surface area contributed by atoms with Crippen LogP contribution in [0.4, 0.5) is 5.69 Å². The number of pyridine rings is 1. The van der Waals surface area contributed by atoms with E-state index in [0.717, 1.165) is 38.6 Å². The van der Waals surface area contributed by atoms with Gasteiger partial charge in [-0.2, -0.15) is 0 Å². The molecule has 5 nitrogen and oxygen atoms in total. The summed E-state index contributed by atoms with van der Waals surface area (Å²) in [5, 5.41) is 14.2. The molecule has 0 aliphatic rings. The number of rotatable bonds is 3. The first-order valence-electron chi connectivity index (χ1n) is 10.6. The SMILES string of the molecule is CC(C)(C)c1ccc([N+](=O)[O-])c(-c2cccc3c4ccccc4n(-c4ccncc4)c23)c1. The van der Waals surface area contributed by atoms with Gasteiger partial charge in [0.2, 0.25) is 0 Å². The number of aromatic nitrogens is 2. The van der Waals surface area contributed by atoms with Crippen molar-refractivity contribution < 1.29 is 4.92 Å². The minimum atomic E-state index is -0.292. The molecule has 32 heavy (non-hydrogen) atoms. The smallest absolute Gasteiger partial charge is 0.277 e. The highest BCUT2D eigenvalue weighted by atomic mass is 16.6. The molecule has 5 heteroatoms. The molecule has 0 spiro atoms. The summed E-state index contributed by atoms with van der Waals surface area (Å²) in [5.41, 5.74) is 5.48. The van der Waals surface area contributed by atoms with E-state index in [-0.39, 0.29) is 16.0 Å². The van der Waals surface area contributed by atoms with Crippen molar-refractivity contribution in [1.29, 1.82) is 0 Å². The molecule has 0 N–H and O–H groups in total. The molecule has 0 aliphatic carbocycles. The molecule has 0 aliphatic heterocycles. The normalized spacial score (nSPS) is 11.8. The second-order valence-electron chi connectivity index (χ2n) is 9.00. The van der Waals surface area contributed by atoms with Crippen LogP contribution in [0, 0.1) is 10.1 Å². The number of fused-ring (bicyclic) bond motifs is 3. The van der Waals surface area contributed by atoms with Gasteiger partial charge in [0.1, 0.15) is 0 Å². The third-order valence-electron chi connectivity index (χ3n) is 5.97. The molecule has 5 aromatic rings. The zero-order chi connectivity index (χ0) is 22.5. The van der Waals surface area contributed by atoms with Gasteiger partial charge in [0.15, 0.2) is 0 Å². The summed E-state index contributed by atoms with van der Waals surface area (Å²) in [6, 6.07) is 23.6. The van der Waals surface area contributed by atoms with E-state index in [2.05, 4.69) is 48.5 Å². The van der Waals surface area contributed by atoms with E-state index in [1.54, 1.807) is 18.5 Å². The van der Waals surface area contributed by atoms with Gasteiger partial charge >= 0.3 is 0 Å². The van der Waals surface area contributed by atoms with Crippen molar-refractivity contribution in [1.82, 2.24) is 9.55 Å². The lowest BCUT2D eigenvalue weighted by Gasteiger charge is -2.20. The van der Waals surface area contributed by atoms with Crippen molar-refractivity contribution in [2.75, 3.05) is 0 Å². The third kappa shape index (κ3) is 3.14. The van der Waals surface area contributed by atoms with E-state index in [4.69, 9.17) is 0 Å². The summed E-state index contributed by atoms with van der Waals surface area (Å²) >= 11 is 0. The second kappa shape index (κ2) is 7.31. The van der Waals surface area contributed by atoms with Crippen LogP contribution in [0.1, 0.15) is 26.3 Å². The molecule has 0 saturated carbocycles. The minimum absolute atomic E-state index is 0.108. The first kappa shape index (κ1) is 19.9. The molecule has 5 rings (SSSR count). The van der Waals surface area contributed by atoms with Crippen molar-refractivity contribution in [2.24, 2.45) is 0 Å². The standard InChI is InChI=1S/C27H23N3O2/c1-27(2,3)18-11-12-25(30(31)32)23(17-18)22-9-6-8-21-20-7-4-5-10-24(20)29(26(21)22)19-13-15-28-16-14-19/h4-17H,1-3H3. The molecule has 0 atom stereocenters. The van der Waals surface area contributed by atoms with Gasteiger partial charge in [-0.1, -0.05) is 63.2 Å². The zero-order valence-electron chi connectivity index (χ0n) is 18.2. The van der Waals surface area contributed by atoms with Gasteiger partial charge < -0.3 is 4.57 Å². The molecule has 0 saturated heterocycles. The topological polar surface area (TPSA) is 61.0 Å². The summed E-state index contributed by atoms with van der Waals surface area (Å²) in [7, 11) is 0. The van der Waals surface area contributed by atoms with E-state index in [1.165, 1.54) is 0 Å². The van der Waals surface area contributed by atoms with E-state index < -0.39 is 0 Å². The zero-order valence-corrected chi connectivity index (χ0v) is 18.2. The third-order valence-corrected chi connectivity index (χ3v) is 5.97. The van der Waals surface area contributed by atoms with Crippen LogP contribution in [0.2, 0.25) is 0 Å². The molecule has 2 heterocycles. The largest absolute Gasteiger partial charge is 0.309 e. The number of nitro benzene ring substituents is 1. The van der Waals surface area contributed by atoms with Crippen LogP contribution in [0.5, 0.6) is 0 Å². The van der Waals surface area contributed by atoms with Crippen molar-refractivity contribution in [3.8, 4) is 16.8 Å². The Bertz CT molecular complexity index is 1480. The van der Waals surface area contributed by atoms with Gasteiger partial charge in [-0.25, -0.2) is 0 Å². The highest BCUT2D eigenvalue weighted by Crippen LogP contribution is 2.42. The fourth-order valence-corrected chi connectivity index (χ4v) is 4.37. The summed E-state index contributed by atoms with van der Waals surface area (Å²) in [5.74, 6) is 0. The summed E-state index contributed by atoms with van der Waals surface area (Å²) < 4.78 is 2.18. The van der Waals surface area contributed by atoms with E-state index >= 15 is 0 Å².